The highest BCUT2D eigenvalue weighted by atomic mass is 35.5. The standard InChI is InChI=1S/C14H22ClN3O/c1-14(2)6-4-5-10(8-14)16-12-7-11(15)17-13(18-12)9-19-3/h7,10H,4-6,8-9H2,1-3H3,(H,16,17,18). The summed E-state index contributed by atoms with van der Waals surface area (Å²) in [5.41, 5.74) is 0.405. The Labute approximate surface area is 119 Å². The maximum absolute atomic E-state index is 6.01. The minimum Gasteiger partial charge on any atom is -0.377 e. The molecule has 1 aliphatic carbocycles. The molecule has 2 rings (SSSR count). The van der Waals surface area contributed by atoms with E-state index in [-0.39, 0.29) is 0 Å². The largest absolute Gasteiger partial charge is 0.377 e. The Morgan fingerprint density at radius 1 is 1.47 bits per heavy atom. The van der Waals surface area contributed by atoms with Crippen molar-refractivity contribution in [3.05, 3.63) is 17.0 Å². The van der Waals surface area contributed by atoms with Gasteiger partial charge in [0, 0.05) is 19.2 Å². The first kappa shape index (κ1) is 14.5. The minimum absolute atomic E-state index is 0.380. The number of hydrogen-bond acceptors (Lipinski definition) is 4. The molecule has 1 N–H and O–H groups in total. The van der Waals surface area contributed by atoms with Gasteiger partial charge in [0.2, 0.25) is 0 Å². The molecule has 4 nitrogen and oxygen atoms in total. The van der Waals surface area contributed by atoms with E-state index in [1.54, 1.807) is 13.2 Å². The van der Waals surface area contributed by atoms with Gasteiger partial charge in [0.15, 0.2) is 5.82 Å². The molecule has 0 aromatic carbocycles. The van der Waals surface area contributed by atoms with Crippen LogP contribution in [0.1, 0.15) is 45.4 Å². The molecule has 0 spiro atoms. The molecule has 0 saturated heterocycles. The summed E-state index contributed by atoms with van der Waals surface area (Å²) in [6.45, 7) is 5.03. The molecule has 1 aliphatic rings. The average molecular weight is 284 g/mol. The van der Waals surface area contributed by atoms with Crippen LogP contribution in [0.5, 0.6) is 0 Å². The highest BCUT2D eigenvalue weighted by Crippen LogP contribution is 2.36. The summed E-state index contributed by atoms with van der Waals surface area (Å²) >= 11 is 6.01. The Morgan fingerprint density at radius 3 is 2.95 bits per heavy atom. The first-order valence-electron chi connectivity index (χ1n) is 6.77. The lowest BCUT2D eigenvalue weighted by Crippen LogP contribution is -2.32. The fraction of sp³-hybridized carbons (Fsp3) is 0.714. The molecule has 1 aromatic rings. The van der Waals surface area contributed by atoms with Crippen molar-refractivity contribution in [2.75, 3.05) is 12.4 Å². The number of nitrogens with zero attached hydrogens (tertiary/aromatic N) is 2. The SMILES string of the molecule is COCc1nc(Cl)cc(NC2CCCC(C)(C)C2)n1. The van der Waals surface area contributed by atoms with Crippen molar-refractivity contribution >= 4 is 17.4 Å². The molecule has 0 amide bonds. The Kier molecular flexibility index (Phi) is 4.63. The van der Waals surface area contributed by atoms with Gasteiger partial charge in [-0.15, -0.1) is 0 Å². The first-order chi connectivity index (χ1) is 8.98. The second-order valence-corrected chi connectivity index (χ2v) is 6.41. The normalized spacial score (nSPS) is 22.2. The number of aromatic nitrogens is 2. The highest BCUT2D eigenvalue weighted by Gasteiger charge is 2.28. The third-order valence-corrected chi connectivity index (χ3v) is 3.77. The van der Waals surface area contributed by atoms with Gasteiger partial charge in [-0.3, -0.25) is 0 Å². The van der Waals surface area contributed by atoms with Crippen LogP contribution in [0, 0.1) is 5.41 Å². The van der Waals surface area contributed by atoms with Gasteiger partial charge in [-0.2, -0.15) is 0 Å². The molecule has 19 heavy (non-hydrogen) atoms. The van der Waals surface area contributed by atoms with Gasteiger partial charge in [-0.25, -0.2) is 9.97 Å². The maximum atomic E-state index is 6.01. The summed E-state index contributed by atoms with van der Waals surface area (Å²) in [7, 11) is 1.63. The summed E-state index contributed by atoms with van der Waals surface area (Å²) in [4.78, 5) is 8.57. The van der Waals surface area contributed by atoms with Gasteiger partial charge in [0.1, 0.15) is 17.6 Å². The molecule has 0 aliphatic heterocycles. The Balaban J connectivity index is 2.06. The van der Waals surface area contributed by atoms with E-state index in [0.29, 0.717) is 29.0 Å². The third-order valence-electron chi connectivity index (χ3n) is 3.57. The number of halogens is 1. The molecular formula is C14H22ClN3O. The lowest BCUT2D eigenvalue weighted by Gasteiger charge is -2.35. The monoisotopic (exact) mass is 283 g/mol. The van der Waals surface area contributed by atoms with Crippen molar-refractivity contribution in [2.24, 2.45) is 5.41 Å². The highest BCUT2D eigenvalue weighted by molar-refractivity contribution is 6.29. The van der Waals surface area contributed by atoms with Crippen LogP contribution in [-0.2, 0) is 11.3 Å². The predicted octanol–water partition coefficient (Wildman–Crippen LogP) is 3.66. The maximum Gasteiger partial charge on any atom is 0.158 e. The van der Waals surface area contributed by atoms with Crippen molar-refractivity contribution in [2.45, 2.75) is 52.2 Å². The van der Waals surface area contributed by atoms with E-state index in [1.165, 1.54) is 19.3 Å². The van der Waals surface area contributed by atoms with E-state index >= 15 is 0 Å². The van der Waals surface area contributed by atoms with Gasteiger partial charge >= 0.3 is 0 Å². The topological polar surface area (TPSA) is 47.0 Å². The van der Waals surface area contributed by atoms with Crippen LogP contribution in [0.4, 0.5) is 5.82 Å². The van der Waals surface area contributed by atoms with Gasteiger partial charge in [0.05, 0.1) is 0 Å². The van der Waals surface area contributed by atoms with Crippen LogP contribution in [-0.4, -0.2) is 23.1 Å². The third kappa shape index (κ3) is 4.32. The predicted molar refractivity (Wildman–Crippen MR) is 77.4 cm³/mol. The molecule has 1 atom stereocenters. The molecule has 1 heterocycles. The van der Waals surface area contributed by atoms with Gasteiger partial charge < -0.3 is 10.1 Å². The quantitative estimate of drug-likeness (QED) is 0.857. The van der Waals surface area contributed by atoms with Crippen LogP contribution in [0.3, 0.4) is 0 Å². The van der Waals surface area contributed by atoms with E-state index in [0.717, 1.165) is 12.2 Å². The van der Waals surface area contributed by atoms with Crippen LogP contribution in [0.25, 0.3) is 0 Å². The average Bonchev–Trinajstić information content (AvgIpc) is 2.26. The van der Waals surface area contributed by atoms with Crippen LogP contribution in [0.2, 0.25) is 5.15 Å². The molecule has 0 bridgehead atoms. The number of anilines is 1. The van der Waals surface area contributed by atoms with E-state index in [2.05, 4.69) is 29.1 Å². The Morgan fingerprint density at radius 2 is 2.26 bits per heavy atom. The van der Waals surface area contributed by atoms with E-state index in [9.17, 15) is 0 Å². The lowest BCUT2D eigenvalue weighted by molar-refractivity contribution is 0.178. The number of methoxy groups -OCH3 is 1. The molecule has 1 aromatic heterocycles. The summed E-state index contributed by atoms with van der Waals surface area (Å²) in [6, 6.07) is 2.24. The molecule has 1 unspecified atom stereocenters. The minimum atomic E-state index is 0.380. The van der Waals surface area contributed by atoms with Crippen molar-refractivity contribution < 1.29 is 4.74 Å². The molecule has 1 fully saturated rings. The zero-order chi connectivity index (χ0) is 13.9. The number of ether oxygens (including phenoxy) is 1. The van der Waals surface area contributed by atoms with Gasteiger partial charge in [0.25, 0.3) is 0 Å². The zero-order valence-electron chi connectivity index (χ0n) is 11.9. The Hall–Kier alpha value is -0.870. The first-order valence-corrected chi connectivity index (χ1v) is 7.15. The number of hydrogen-bond donors (Lipinski definition) is 1. The van der Waals surface area contributed by atoms with Crippen molar-refractivity contribution in [1.82, 2.24) is 9.97 Å². The van der Waals surface area contributed by atoms with E-state index < -0.39 is 0 Å². The number of rotatable bonds is 4. The second-order valence-electron chi connectivity index (χ2n) is 6.03. The van der Waals surface area contributed by atoms with Crippen LogP contribution < -0.4 is 5.32 Å². The zero-order valence-corrected chi connectivity index (χ0v) is 12.6. The smallest absolute Gasteiger partial charge is 0.158 e. The summed E-state index contributed by atoms with van der Waals surface area (Å²) in [5.74, 6) is 1.42. The summed E-state index contributed by atoms with van der Waals surface area (Å²) in [6.07, 6.45) is 4.90. The second kappa shape index (κ2) is 6.06. The van der Waals surface area contributed by atoms with Crippen LogP contribution >= 0.6 is 11.6 Å². The molecule has 1 saturated carbocycles. The van der Waals surface area contributed by atoms with E-state index in [4.69, 9.17) is 16.3 Å². The van der Waals surface area contributed by atoms with Gasteiger partial charge in [-0.05, 0) is 24.7 Å². The molecule has 106 valence electrons. The Bertz CT molecular complexity index is 437. The fourth-order valence-corrected chi connectivity index (χ4v) is 2.96. The molecule has 0 radical (unpaired) electrons. The van der Waals surface area contributed by atoms with Crippen molar-refractivity contribution in [3.63, 3.8) is 0 Å². The fourth-order valence-electron chi connectivity index (χ4n) is 2.76. The molecular weight excluding hydrogens is 262 g/mol. The van der Waals surface area contributed by atoms with Gasteiger partial charge in [-0.1, -0.05) is 31.9 Å². The summed E-state index contributed by atoms with van der Waals surface area (Å²) < 4.78 is 5.05. The van der Waals surface area contributed by atoms with E-state index in [1.807, 2.05) is 0 Å². The van der Waals surface area contributed by atoms with Crippen LogP contribution in [0.15, 0.2) is 6.07 Å². The molecule has 5 heteroatoms. The number of nitrogens with one attached hydrogen (secondary N) is 1. The lowest BCUT2D eigenvalue weighted by atomic mass is 9.75. The van der Waals surface area contributed by atoms with Crippen molar-refractivity contribution in [1.29, 1.82) is 0 Å². The summed E-state index contributed by atoms with van der Waals surface area (Å²) in [5, 5.41) is 3.94. The van der Waals surface area contributed by atoms with Crippen molar-refractivity contribution in [3.8, 4) is 0 Å².